The van der Waals surface area contributed by atoms with Crippen LogP contribution >= 0.6 is 11.3 Å². The van der Waals surface area contributed by atoms with Crippen molar-refractivity contribution in [3.63, 3.8) is 0 Å². The van der Waals surface area contributed by atoms with Gasteiger partial charge in [-0.2, -0.15) is 0 Å². The lowest BCUT2D eigenvalue weighted by atomic mass is 10.00. The fourth-order valence-electron chi connectivity index (χ4n) is 4.53. The minimum Gasteiger partial charge on any atom is -0.493 e. The maximum Gasteiger partial charge on any atom is 0.254 e. The molecule has 0 radical (unpaired) electrons. The number of benzene rings is 2. The SMILES string of the molecule is CC[C@@H](C)N(CC(=O)N1CCc2sccc2[C@H]1COc1ccccc1OC)C(=O)c1ccc(C)cc1. The van der Waals surface area contributed by atoms with Crippen LogP contribution < -0.4 is 9.47 Å². The molecule has 0 spiro atoms. The van der Waals surface area contributed by atoms with E-state index in [1.165, 1.54) is 4.88 Å². The largest absolute Gasteiger partial charge is 0.493 e. The van der Waals surface area contributed by atoms with Crippen LogP contribution in [-0.4, -0.2) is 54.5 Å². The third-order valence-electron chi connectivity index (χ3n) is 6.87. The van der Waals surface area contributed by atoms with Crippen molar-refractivity contribution >= 4 is 23.2 Å². The van der Waals surface area contributed by atoms with Crippen molar-refractivity contribution in [2.24, 2.45) is 0 Å². The third kappa shape index (κ3) is 5.57. The molecule has 7 heteroatoms. The summed E-state index contributed by atoms with van der Waals surface area (Å²) in [5.41, 5.74) is 2.81. The molecule has 1 aliphatic heterocycles. The number of carbonyl (C=O) groups is 2. The van der Waals surface area contributed by atoms with Crippen molar-refractivity contribution in [1.82, 2.24) is 9.80 Å². The fourth-order valence-corrected chi connectivity index (χ4v) is 5.46. The first-order chi connectivity index (χ1) is 17.4. The third-order valence-corrected chi connectivity index (χ3v) is 7.87. The van der Waals surface area contributed by atoms with E-state index < -0.39 is 0 Å². The normalized spacial score (nSPS) is 15.7. The number of fused-ring (bicyclic) bond motifs is 1. The molecule has 0 bridgehead atoms. The first kappa shape index (κ1) is 25.8. The number of ether oxygens (including phenoxy) is 2. The number of nitrogens with zero attached hydrogens (tertiary/aromatic N) is 2. The van der Waals surface area contributed by atoms with Crippen molar-refractivity contribution in [1.29, 1.82) is 0 Å². The zero-order valence-electron chi connectivity index (χ0n) is 21.4. The Kier molecular flexibility index (Phi) is 8.31. The first-order valence-electron chi connectivity index (χ1n) is 12.4. The fraction of sp³-hybridized carbons (Fsp3) is 0.379. The second-order valence-corrected chi connectivity index (χ2v) is 10.2. The topological polar surface area (TPSA) is 59.1 Å². The summed E-state index contributed by atoms with van der Waals surface area (Å²) in [6, 6.07) is 16.8. The molecule has 0 saturated carbocycles. The number of aryl methyl sites for hydroxylation is 1. The van der Waals surface area contributed by atoms with Crippen LogP contribution in [0.15, 0.2) is 60.0 Å². The van der Waals surface area contributed by atoms with Crippen molar-refractivity contribution < 1.29 is 19.1 Å². The molecule has 2 aromatic carbocycles. The Bertz CT molecular complexity index is 1190. The second-order valence-electron chi connectivity index (χ2n) is 9.17. The Labute approximate surface area is 217 Å². The van der Waals surface area contributed by atoms with E-state index in [-0.39, 0.29) is 30.4 Å². The molecule has 0 saturated heterocycles. The number of amides is 2. The molecule has 0 fully saturated rings. The van der Waals surface area contributed by atoms with Gasteiger partial charge in [-0.05, 0) is 68.0 Å². The first-order valence-corrected chi connectivity index (χ1v) is 13.3. The van der Waals surface area contributed by atoms with Crippen LogP contribution in [0.1, 0.15) is 52.7 Å². The van der Waals surface area contributed by atoms with Gasteiger partial charge in [-0.1, -0.05) is 36.8 Å². The lowest BCUT2D eigenvalue weighted by molar-refractivity contribution is -0.136. The quantitative estimate of drug-likeness (QED) is 0.384. The predicted octanol–water partition coefficient (Wildman–Crippen LogP) is 5.51. The minimum atomic E-state index is -0.231. The molecular weight excluding hydrogens is 472 g/mol. The van der Waals surface area contributed by atoms with Crippen LogP contribution in [0.2, 0.25) is 0 Å². The average Bonchev–Trinajstić information content (AvgIpc) is 3.39. The van der Waals surface area contributed by atoms with E-state index in [2.05, 4.69) is 11.4 Å². The van der Waals surface area contributed by atoms with Crippen LogP contribution in [-0.2, 0) is 11.2 Å². The van der Waals surface area contributed by atoms with Gasteiger partial charge in [0.15, 0.2) is 11.5 Å². The number of hydrogen-bond donors (Lipinski definition) is 0. The molecule has 0 aliphatic carbocycles. The van der Waals surface area contributed by atoms with Crippen molar-refractivity contribution in [2.75, 3.05) is 26.8 Å². The van der Waals surface area contributed by atoms with E-state index in [4.69, 9.17) is 9.47 Å². The van der Waals surface area contributed by atoms with E-state index >= 15 is 0 Å². The number of methoxy groups -OCH3 is 1. The highest BCUT2D eigenvalue weighted by molar-refractivity contribution is 7.10. The van der Waals surface area contributed by atoms with Crippen LogP contribution in [0, 0.1) is 6.92 Å². The molecule has 0 N–H and O–H groups in total. The number of hydrogen-bond acceptors (Lipinski definition) is 5. The summed E-state index contributed by atoms with van der Waals surface area (Å²) in [4.78, 5) is 32.0. The number of rotatable bonds is 9. The van der Waals surface area contributed by atoms with Gasteiger partial charge in [0, 0.05) is 23.0 Å². The van der Waals surface area contributed by atoms with E-state index in [1.54, 1.807) is 23.3 Å². The molecule has 2 atom stereocenters. The average molecular weight is 507 g/mol. The number of carbonyl (C=O) groups excluding carboxylic acids is 2. The van der Waals surface area contributed by atoms with Crippen LogP contribution in [0.4, 0.5) is 0 Å². The summed E-state index contributed by atoms with van der Waals surface area (Å²) in [6.45, 7) is 6.96. The van der Waals surface area contributed by atoms with Gasteiger partial charge in [0.25, 0.3) is 5.91 Å². The summed E-state index contributed by atoms with van der Waals surface area (Å²) in [7, 11) is 1.62. The van der Waals surface area contributed by atoms with Crippen LogP contribution in [0.3, 0.4) is 0 Å². The summed E-state index contributed by atoms with van der Waals surface area (Å²) in [6.07, 6.45) is 1.57. The minimum absolute atomic E-state index is 0.0341. The van der Waals surface area contributed by atoms with Crippen LogP contribution in [0.25, 0.3) is 0 Å². The van der Waals surface area contributed by atoms with Gasteiger partial charge in [-0.3, -0.25) is 9.59 Å². The maximum absolute atomic E-state index is 13.8. The zero-order chi connectivity index (χ0) is 25.7. The second kappa shape index (κ2) is 11.6. The molecule has 36 heavy (non-hydrogen) atoms. The number of thiophene rings is 1. The van der Waals surface area contributed by atoms with Crippen molar-refractivity contribution in [3.05, 3.63) is 81.5 Å². The number of para-hydroxylation sites is 2. The van der Waals surface area contributed by atoms with Gasteiger partial charge in [-0.15, -0.1) is 11.3 Å². The van der Waals surface area contributed by atoms with Crippen LogP contribution in [0.5, 0.6) is 11.5 Å². The Morgan fingerprint density at radius 2 is 1.83 bits per heavy atom. The molecule has 1 aromatic heterocycles. The lowest BCUT2D eigenvalue weighted by Crippen LogP contribution is -2.49. The highest BCUT2D eigenvalue weighted by Crippen LogP contribution is 2.35. The molecule has 6 nitrogen and oxygen atoms in total. The van der Waals surface area contributed by atoms with E-state index in [9.17, 15) is 9.59 Å². The Morgan fingerprint density at radius 3 is 2.53 bits per heavy atom. The van der Waals surface area contributed by atoms with Crippen molar-refractivity contribution in [2.45, 2.75) is 45.7 Å². The van der Waals surface area contributed by atoms with E-state index in [1.807, 2.05) is 74.2 Å². The smallest absolute Gasteiger partial charge is 0.254 e. The molecule has 2 amide bonds. The Balaban J connectivity index is 1.56. The molecule has 1 aliphatic rings. The molecule has 4 rings (SSSR count). The lowest BCUT2D eigenvalue weighted by Gasteiger charge is -2.38. The van der Waals surface area contributed by atoms with Crippen molar-refractivity contribution in [3.8, 4) is 11.5 Å². The molecule has 0 unspecified atom stereocenters. The highest BCUT2D eigenvalue weighted by Gasteiger charge is 2.34. The molecule has 3 aromatic rings. The molecule has 2 heterocycles. The van der Waals surface area contributed by atoms with E-state index in [0.29, 0.717) is 30.2 Å². The van der Waals surface area contributed by atoms with Gasteiger partial charge in [0.2, 0.25) is 5.91 Å². The summed E-state index contributed by atoms with van der Waals surface area (Å²) in [5.74, 6) is 1.11. The van der Waals surface area contributed by atoms with Gasteiger partial charge >= 0.3 is 0 Å². The van der Waals surface area contributed by atoms with E-state index in [0.717, 1.165) is 24.0 Å². The van der Waals surface area contributed by atoms with Gasteiger partial charge in [0.1, 0.15) is 13.2 Å². The monoisotopic (exact) mass is 506 g/mol. The standard InChI is InChI=1S/C29H34N2O4S/c1-5-21(3)31(29(33)22-12-10-20(2)11-13-22)18-28(32)30-16-14-27-23(15-17-36-27)24(30)19-35-26-9-7-6-8-25(26)34-4/h6-13,15,17,21,24H,5,14,16,18-19H2,1-4H3/t21-,24-/m1/s1. The summed E-state index contributed by atoms with van der Waals surface area (Å²) < 4.78 is 11.6. The predicted molar refractivity (Wildman–Crippen MR) is 143 cm³/mol. The maximum atomic E-state index is 13.8. The Morgan fingerprint density at radius 1 is 1.11 bits per heavy atom. The van der Waals surface area contributed by atoms with Gasteiger partial charge in [0.05, 0.1) is 13.2 Å². The molecule has 190 valence electrons. The molecular formula is C29H34N2O4S. The summed E-state index contributed by atoms with van der Waals surface area (Å²) >= 11 is 1.72. The highest BCUT2D eigenvalue weighted by atomic mass is 32.1. The zero-order valence-corrected chi connectivity index (χ0v) is 22.2. The summed E-state index contributed by atoms with van der Waals surface area (Å²) in [5, 5.41) is 2.07. The Hall–Kier alpha value is -3.32. The van der Waals surface area contributed by atoms with Gasteiger partial charge < -0.3 is 19.3 Å². The van der Waals surface area contributed by atoms with Gasteiger partial charge in [-0.25, -0.2) is 0 Å².